The molecule has 0 bridgehead atoms. The van der Waals surface area contributed by atoms with Gasteiger partial charge in [-0.25, -0.2) is 9.97 Å². The molecular formula is C19H20N6O. The average Bonchev–Trinajstić information content (AvgIpc) is 3.13. The molecule has 0 unspecified atom stereocenters. The van der Waals surface area contributed by atoms with E-state index in [1.165, 1.54) is 11.8 Å². The molecule has 26 heavy (non-hydrogen) atoms. The Labute approximate surface area is 152 Å². The second-order valence-electron chi connectivity index (χ2n) is 6.53. The highest BCUT2D eigenvalue weighted by Gasteiger charge is 2.27. The number of nitriles is 1. The molecule has 1 aromatic carbocycles. The number of nitrogens with zero attached hydrogens (tertiary/aromatic N) is 6. The number of hydrogen-bond donors (Lipinski definition) is 0. The summed E-state index contributed by atoms with van der Waals surface area (Å²) in [5.41, 5.74) is 2.65. The lowest BCUT2D eigenvalue weighted by molar-refractivity contribution is -0.119. The summed E-state index contributed by atoms with van der Waals surface area (Å²) in [5, 5.41) is 9.18. The molecule has 1 aromatic heterocycles. The van der Waals surface area contributed by atoms with Gasteiger partial charge >= 0.3 is 0 Å². The molecule has 132 valence electrons. The highest BCUT2D eigenvalue weighted by atomic mass is 16.2. The first-order valence-electron chi connectivity index (χ1n) is 8.83. The van der Waals surface area contributed by atoms with Crippen molar-refractivity contribution in [2.45, 2.75) is 6.42 Å². The van der Waals surface area contributed by atoms with Crippen LogP contribution in [0.5, 0.6) is 0 Å². The third-order valence-electron chi connectivity index (χ3n) is 5.00. The lowest BCUT2D eigenvalue weighted by atomic mass is 10.2. The topological polar surface area (TPSA) is 76.4 Å². The first kappa shape index (κ1) is 16.5. The van der Waals surface area contributed by atoms with Crippen LogP contribution >= 0.6 is 0 Å². The van der Waals surface area contributed by atoms with Gasteiger partial charge in [-0.1, -0.05) is 18.2 Å². The van der Waals surface area contributed by atoms with Crippen molar-refractivity contribution in [3.63, 3.8) is 0 Å². The van der Waals surface area contributed by atoms with E-state index in [2.05, 4.69) is 31.9 Å². The fourth-order valence-electron chi connectivity index (χ4n) is 3.63. The van der Waals surface area contributed by atoms with Gasteiger partial charge in [0.25, 0.3) is 0 Å². The normalized spacial score (nSPS) is 17.0. The number of rotatable bonds is 3. The van der Waals surface area contributed by atoms with Gasteiger partial charge in [-0.2, -0.15) is 5.26 Å². The summed E-state index contributed by atoms with van der Waals surface area (Å²) < 4.78 is 0. The van der Waals surface area contributed by atoms with E-state index in [-0.39, 0.29) is 5.91 Å². The van der Waals surface area contributed by atoms with Crippen LogP contribution in [0.3, 0.4) is 0 Å². The van der Waals surface area contributed by atoms with Crippen molar-refractivity contribution in [2.75, 3.05) is 49.1 Å². The molecule has 1 fully saturated rings. The quantitative estimate of drug-likeness (QED) is 0.826. The zero-order valence-corrected chi connectivity index (χ0v) is 14.5. The molecule has 7 heteroatoms. The second kappa shape index (κ2) is 7.10. The van der Waals surface area contributed by atoms with Crippen molar-refractivity contribution in [1.29, 1.82) is 5.26 Å². The SMILES string of the molecule is N#Cc1nccnc1N1CCN(CC(=O)N2CCc3ccccc32)CC1. The van der Waals surface area contributed by atoms with Gasteiger partial charge in [0.1, 0.15) is 6.07 Å². The van der Waals surface area contributed by atoms with E-state index in [0.29, 0.717) is 18.1 Å². The standard InChI is InChI=1S/C19H20N6O/c20-13-16-19(22-7-6-21-16)24-11-9-23(10-12-24)14-18(26)25-8-5-15-3-1-2-4-17(15)25/h1-4,6-7H,5,8-12,14H2. The fourth-order valence-corrected chi connectivity index (χ4v) is 3.63. The van der Waals surface area contributed by atoms with Crippen molar-refractivity contribution in [3.05, 3.63) is 47.9 Å². The molecule has 0 atom stereocenters. The summed E-state index contributed by atoms with van der Waals surface area (Å²) in [6, 6.07) is 10.2. The monoisotopic (exact) mass is 348 g/mol. The largest absolute Gasteiger partial charge is 0.352 e. The molecule has 2 aliphatic heterocycles. The van der Waals surface area contributed by atoms with Crippen molar-refractivity contribution in [2.24, 2.45) is 0 Å². The van der Waals surface area contributed by atoms with Crippen LogP contribution < -0.4 is 9.80 Å². The van der Waals surface area contributed by atoms with Crippen molar-refractivity contribution < 1.29 is 4.79 Å². The van der Waals surface area contributed by atoms with E-state index in [0.717, 1.165) is 44.8 Å². The number of carbonyl (C=O) groups is 1. The summed E-state index contributed by atoms with van der Waals surface area (Å²) in [6.07, 6.45) is 4.07. The molecular weight excluding hydrogens is 328 g/mol. The number of fused-ring (bicyclic) bond motifs is 1. The molecule has 0 aliphatic carbocycles. The van der Waals surface area contributed by atoms with Gasteiger partial charge in [0.2, 0.25) is 5.91 Å². The van der Waals surface area contributed by atoms with E-state index < -0.39 is 0 Å². The summed E-state index contributed by atoms with van der Waals surface area (Å²) in [5.74, 6) is 0.787. The molecule has 4 rings (SSSR count). The summed E-state index contributed by atoms with van der Waals surface area (Å²) in [7, 11) is 0. The van der Waals surface area contributed by atoms with Gasteiger partial charge in [-0.3, -0.25) is 9.69 Å². The number of anilines is 2. The fraction of sp³-hybridized carbons (Fsp3) is 0.368. The van der Waals surface area contributed by atoms with Gasteiger partial charge in [-0.15, -0.1) is 0 Å². The van der Waals surface area contributed by atoms with Crippen LogP contribution in [0.15, 0.2) is 36.7 Å². The zero-order valence-electron chi connectivity index (χ0n) is 14.5. The van der Waals surface area contributed by atoms with Gasteiger partial charge in [0, 0.05) is 50.8 Å². The minimum atomic E-state index is 0.153. The molecule has 0 saturated carbocycles. The first-order valence-corrected chi connectivity index (χ1v) is 8.83. The van der Waals surface area contributed by atoms with E-state index in [4.69, 9.17) is 0 Å². The Bertz CT molecular complexity index is 853. The number of amides is 1. The first-order chi connectivity index (χ1) is 12.8. The van der Waals surface area contributed by atoms with Gasteiger partial charge < -0.3 is 9.80 Å². The molecule has 0 radical (unpaired) electrons. The number of aromatic nitrogens is 2. The molecule has 3 heterocycles. The van der Waals surface area contributed by atoms with Crippen LogP contribution in [-0.2, 0) is 11.2 Å². The minimum absolute atomic E-state index is 0.153. The van der Waals surface area contributed by atoms with E-state index in [9.17, 15) is 10.1 Å². The molecule has 2 aliphatic rings. The van der Waals surface area contributed by atoms with Crippen molar-refractivity contribution >= 4 is 17.4 Å². The lowest BCUT2D eigenvalue weighted by Crippen LogP contribution is -2.50. The van der Waals surface area contributed by atoms with Crippen molar-refractivity contribution in [1.82, 2.24) is 14.9 Å². The summed E-state index contributed by atoms with van der Waals surface area (Å²) in [4.78, 5) is 27.2. The Morgan fingerprint density at radius 2 is 1.85 bits per heavy atom. The van der Waals surface area contributed by atoms with Crippen LogP contribution in [0.2, 0.25) is 0 Å². The molecule has 7 nitrogen and oxygen atoms in total. The Morgan fingerprint density at radius 3 is 2.65 bits per heavy atom. The Morgan fingerprint density at radius 1 is 1.08 bits per heavy atom. The van der Waals surface area contributed by atoms with Crippen LogP contribution in [0.1, 0.15) is 11.3 Å². The van der Waals surface area contributed by atoms with Crippen LogP contribution in [-0.4, -0.2) is 60.0 Å². The Kier molecular flexibility index (Phi) is 4.50. The maximum Gasteiger partial charge on any atom is 0.241 e. The van der Waals surface area contributed by atoms with Crippen LogP contribution in [0.25, 0.3) is 0 Å². The third kappa shape index (κ3) is 3.11. The van der Waals surface area contributed by atoms with Gasteiger partial charge in [-0.05, 0) is 18.1 Å². The Hall–Kier alpha value is -2.98. The molecule has 0 N–H and O–H groups in total. The van der Waals surface area contributed by atoms with Gasteiger partial charge in [0.15, 0.2) is 11.5 Å². The van der Waals surface area contributed by atoms with Crippen LogP contribution in [0, 0.1) is 11.3 Å². The van der Waals surface area contributed by atoms with Gasteiger partial charge in [0.05, 0.1) is 6.54 Å². The zero-order chi connectivity index (χ0) is 17.9. The predicted octanol–water partition coefficient (Wildman–Crippen LogP) is 1.06. The maximum absolute atomic E-state index is 12.7. The predicted molar refractivity (Wildman–Crippen MR) is 97.9 cm³/mol. The summed E-state index contributed by atoms with van der Waals surface area (Å²) in [6.45, 7) is 4.19. The number of para-hydroxylation sites is 1. The van der Waals surface area contributed by atoms with Crippen LogP contribution in [0.4, 0.5) is 11.5 Å². The number of carbonyl (C=O) groups excluding carboxylic acids is 1. The minimum Gasteiger partial charge on any atom is -0.352 e. The second-order valence-corrected chi connectivity index (χ2v) is 6.53. The molecule has 1 amide bonds. The molecule has 0 spiro atoms. The number of benzene rings is 1. The molecule has 1 saturated heterocycles. The van der Waals surface area contributed by atoms with E-state index in [1.54, 1.807) is 6.20 Å². The van der Waals surface area contributed by atoms with Crippen molar-refractivity contribution in [3.8, 4) is 6.07 Å². The smallest absolute Gasteiger partial charge is 0.241 e. The molecule has 2 aromatic rings. The summed E-state index contributed by atoms with van der Waals surface area (Å²) >= 11 is 0. The average molecular weight is 348 g/mol. The highest BCUT2D eigenvalue weighted by molar-refractivity contribution is 5.96. The number of hydrogen-bond acceptors (Lipinski definition) is 6. The highest BCUT2D eigenvalue weighted by Crippen LogP contribution is 2.27. The third-order valence-corrected chi connectivity index (χ3v) is 5.00. The lowest BCUT2D eigenvalue weighted by Gasteiger charge is -2.35. The number of piperazine rings is 1. The maximum atomic E-state index is 12.7. The van der Waals surface area contributed by atoms with E-state index >= 15 is 0 Å². The van der Waals surface area contributed by atoms with E-state index in [1.807, 2.05) is 23.1 Å². The Balaban J connectivity index is 1.36.